The molecule has 2 aromatic rings. The largest absolute Gasteiger partial charge is 0.334 e. The average Bonchev–Trinajstić information content (AvgIpc) is 3.26. The first-order chi connectivity index (χ1) is 11.1. The predicted octanol–water partition coefficient (Wildman–Crippen LogP) is 2.79. The SMILES string of the molecule is CC(C)N(CC1CC2C=CC1C2)C(=O)c1nccn2ccnc12. The molecule has 2 heterocycles. The summed E-state index contributed by atoms with van der Waals surface area (Å²) in [4.78, 5) is 23.7. The Labute approximate surface area is 136 Å². The fourth-order valence-electron chi connectivity index (χ4n) is 4.03. The molecular weight excluding hydrogens is 288 g/mol. The van der Waals surface area contributed by atoms with Gasteiger partial charge < -0.3 is 9.30 Å². The predicted molar refractivity (Wildman–Crippen MR) is 88.0 cm³/mol. The lowest BCUT2D eigenvalue weighted by Crippen LogP contribution is -2.41. The molecule has 0 radical (unpaired) electrons. The van der Waals surface area contributed by atoms with Gasteiger partial charge in [0.15, 0.2) is 11.3 Å². The number of hydrogen-bond acceptors (Lipinski definition) is 3. The van der Waals surface area contributed by atoms with Crippen LogP contribution >= 0.6 is 0 Å². The Morgan fingerprint density at radius 3 is 2.70 bits per heavy atom. The summed E-state index contributed by atoms with van der Waals surface area (Å²) in [7, 11) is 0. The minimum absolute atomic E-state index is 0.0106. The monoisotopic (exact) mass is 310 g/mol. The molecule has 23 heavy (non-hydrogen) atoms. The molecule has 5 heteroatoms. The lowest BCUT2D eigenvalue weighted by atomic mass is 9.92. The van der Waals surface area contributed by atoms with Crippen LogP contribution < -0.4 is 0 Å². The summed E-state index contributed by atoms with van der Waals surface area (Å²) in [5, 5.41) is 0. The van der Waals surface area contributed by atoms with E-state index in [9.17, 15) is 4.79 Å². The number of carbonyl (C=O) groups is 1. The highest BCUT2D eigenvalue weighted by molar-refractivity contribution is 5.97. The number of hydrogen-bond donors (Lipinski definition) is 0. The van der Waals surface area contributed by atoms with E-state index in [4.69, 9.17) is 0 Å². The van der Waals surface area contributed by atoms with Gasteiger partial charge in [-0.2, -0.15) is 0 Å². The lowest BCUT2D eigenvalue weighted by molar-refractivity contribution is 0.0656. The number of nitrogens with zero attached hydrogens (tertiary/aromatic N) is 4. The Kier molecular flexibility index (Phi) is 3.43. The van der Waals surface area contributed by atoms with E-state index in [-0.39, 0.29) is 11.9 Å². The highest BCUT2D eigenvalue weighted by atomic mass is 16.2. The van der Waals surface area contributed by atoms with Crippen LogP contribution in [-0.2, 0) is 0 Å². The van der Waals surface area contributed by atoms with Crippen LogP contribution in [0, 0.1) is 17.8 Å². The first-order valence-corrected chi connectivity index (χ1v) is 8.40. The van der Waals surface area contributed by atoms with Crippen molar-refractivity contribution in [2.24, 2.45) is 17.8 Å². The van der Waals surface area contributed by atoms with E-state index in [1.807, 2.05) is 21.7 Å². The number of imidazole rings is 1. The standard InChI is InChI=1S/C18H22N4O/c1-12(2)22(11-15-10-13-3-4-14(15)9-13)18(23)16-17-20-6-8-21(17)7-5-19-16/h3-8,12-15H,9-11H2,1-2H3. The van der Waals surface area contributed by atoms with Gasteiger partial charge in [0.2, 0.25) is 0 Å². The molecule has 1 saturated carbocycles. The van der Waals surface area contributed by atoms with Crippen molar-refractivity contribution >= 4 is 11.6 Å². The van der Waals surface area contributed by atoms with Gasteiger partial charge in [0.1, 0.15) is 0 Å². The van der Waals surface area contributed by atoms with Crippen molar-refractivity contribution in [1.82, 2.24) is 19.3 Å². The molecule has 3 unspecified atom stereocenters. The zero-order valence-electron chi connectivity index (χ0n) is 13.6. The van der Waals surface area contributed by atoms with Crippen LogP contribution in [0.2, 0.25) is 0 Å². The number of carbonyl (C=O) groups excluding carboxylic acids is 1. The van der Waals surface area contributed by atoms with Crippen LogP contribution in [0.1, 0.15) is 37.2 Å². The summed E-state index contributed by atoms with van der Waals surface area (Å²) in [6.07, 6.45) is 14.2. The molecule has 120 valence electrons. The summed E-state index contributed by atoms with van der Waals surface area (Å²) in [6, 6.07) is 0.155. The zero-order valence-corrected chi connectivity index (χ0v) is 13.6. The van der Waals surface area contributed by atoms with E-state index in [0.29, 0.717) is 23.2 Å². The first kappa shape index (κ1) is 14.4. The fraction of sp³-hybridized carbons (Fsp3) is 0.500. The van der Waals surface area contributed by atoms with E-state index < -0.39 is 0 Å². The molecule has 0 spiro atoms. The third-order valence-electron chi connectivity index (χ3n) is 5.25. The molecule has 3 atom stereocenters. The van der Waals surface area contributed by atoms with Crippen LogP contribution in [0.15, 0.2) is 36.9 Å². The summed E-state index contributed by atoms with van der Waals surface area (Å²) in [6.45, 7) is 4.96. The van der Waals surface area contributed by atoms with Crippen molar-refractivity contribution < 1.29 is 4.79 Å². The van der Waals surface area contributed by atoms with Crippen molar-refractivity contribution in [1.29, 1.82) is 0 Å². The van der Waals surface area contributed by atoms with E-state index in [1.165, 1.54) is 12.8 Å². The molecule has 0 aliphatic heterocycles. The Morgan fingerprint density at radius 2 is 2.04 bits per heavy atom. The molecule has 2 bridgehead atoms. The minimum atomic E-state index is -0.0106. The maximum atomic E-state index is 13.1. The third kappa shape index (κ3) is 2.44. The fourth-order valence-corrected chi connectivity index (χ4v) is 4.03. The van der Waals surface area contributed by atoms with Crippen molar-refractivity contribution in [3.63, 3.8) is 0 Å². The Bertz CT molecular complexity index is 763. The second-order valence-electron chi connectivity index (χ2n) is 7.03. The molecule has 4 rings (SSSR count). The first-order valence-electron chi connectivity index (χ1n) is 8.40. The second-order valence-corrected chi connectivity index (χ2v) is 7.03. The van der Waals surface area contributed by atoms with Gasteiger partial charge in [-0.05, 0) is 44.4 Å². The van der Waals surface area contributed by atoms with Gasteiger partial charge >= 0.3 is 0 Å². The van der Waals surface area contributed by atoms with Gasteiger partial charge in [-0.3, -0.25) is 4.79 Å². The molecule has 5 nitrogen and oxygen atoms in total. The molecule has 0 saturated heterocycles. The topological polar surface area (TPSA) is 50.5 Å². The molecular formula is C18H22N4O. The highest BCUT2D eigenvalue weighted by Gasteiger charge is 2.38. The quantitative estimate of drug-likeness (QED) is 0.816. The number of aromatic nitrogens is 3. The van der Waals surface area contributed by atoms with Gasteiger partial charge in [0.25, 0.3) is 5.91 Å². The van der Waals surface area contributed by atoms with Crippen LogP contribution in [0.4, 0.5) is 0 Å². The van der Waals surface area contributed by atoms with E-state index in [2.05, 4.69) is 36.0 Å². The number of amides is 1. The average molecular weight is 310 g/mol. The molecule has 2 aliphatic carbocycles. The molecule has 2 aromatic heterocycles. The summed E-state index contributed by atoms with van der Waals surface area (Å²) >= 11 is 0. The van der Waals surface area contributed by atoms with Crippen molar-refractivity contribution in [2.75, 3.05) is 6.54 Å². The van der Waals surface area contributed by atoms with Crippen molar-refractivity contribution in [3.8, 4) is 0 Å². The maximum Gasteiger partial charge on any atom is 0.276 e. The Balaban J connectivity index is 1.61. The molecule has 0 aromatic carbocycles. The van der Waals surface area contributed by atoms with Crippen LogP contribution in [0.25, 0.3) is 5.65 Å². The zero-order chi connectivity index (χ0) is 16.0. The van der Waals surface area contributed by atoms with E-state index in [0.717, 1.165) is 12.5 Å². The smallest absolute Gasteiger partial charge is 0.276 e. The Morgan fingerprint density at radius 1 is 1.26 bits per heavy atom. The van der Waals surface area contributed by atoms with Crippen LogP contribution in [0.3, 0.4) is 0 Å². The van der Waals surface area contributed by atoms with E-state index >= 15 is 0 Å². The van der Waals surface area contributed by atoms with Gasteiger partial charge in [-0.15, -0.1) is 0 Å². The number of fused-ring (bicyclic) bond motifs is 3. The molecule has 0 N–H and O–H groups in total. The highest BCUT2D eigenvalue weighted by Crippen LogP contribution is 2.43. The van der Waals surface area contributed by atoms with Crippen LogP contribution in [0.5, 0.6) is 0 Å². The number of rotatable bonds is 4. The number of allylic oxidation sites excluding steroid dienone is 2. The van der Waals surface area contributed by atoms with Crippen molar-refractivity contribution in [2.45, 2.75) is 32.7 Å². The molecule has 2 aliphatic rings. The summed E-state index contributed by atoms with van der Waals surface area (Å²) in [5.41, 5.74) is 1.08. The van der Waals surface area contributed by atoms with Gasteiger partial charge in [0.05, 0.1) is 0 Å². The minimum Gasteiger partial charge on any atom is -0.334 e. The second kappa shape index (κ2) is 5.48. The summed E-state index contributed by atoms with van der Waals surface area (Å²) in [5.74, 6) is 1.94. The normalized spacial score (nSPS) is 25.6. The molecule has 1 fully saturated rings. The van der Waals surface area contributed by atoms with Crippen molar-refractivity contribution in [3.05, 3.63) is 42.6 Å². The third-order valence-corrected chi connectivity index (χ3v) is 5.25. The lowest BCUT2D eigenvalue weighted by Gasteiger charge is -2.31. The van der Waals surface area contributed by atoms with Crippen LogP contribution in [-0.4, -0.2) is 37.8 Å². The van der Waals surface area contributed by atoms with Gasteiger partial charge in [-0.25, -0.2) is 9.97 Å². The maximum absolute atomic E-state index is 13.1. The van der Waals surface area contributed by atoms with Gasteiger partial charge in [-0.1, -0.05) is 12.2 Å². The van der Waals surface area contributed by atoms with E-state index in [1.54, 1.807) is 12.4 Å². The van der Waals surface area contributed by atoms with Gasteiger partial charge in [0, 0.05) is 37.4 Å². The Hall–Kier alpha value is -2.17. The molecule has 1 amide bonds. The summed E-state index contributed by atoms with van der Waals surface area (Å²) < 4.78 is 1.85.